The van der Waals surface area contributed by atoms with Gasteiger partial charge in [-0.15, -0.1) is 0 Å². The molecule has 9 heteroatoms. The summed E-state index contributed by atoms with van der Waals surface area (Å²) in [5.41, 5.74) is 0.755. The molecule has 6 nitrogen and oxygen atoms in total. The highest BCUT2D eigenvalue weighted by molar-refractivity contribution is 5.78. The fourth-order valence-corrected chi connectivity index (χ4v) is 2.94. The van der Waals surface area contributed by atoms with E-state index in [1.54, 1.807) is 19.1 Å². The van der Waals surface area contributed by atoms with Crippen LogP contribution in [0.15, 0.2) is 24.3 Å². The van der Waals surface area contributed by atoms with Crippen molar-refractivity contribution in [1.82, 2.24) is 10.2 Å². The molecule has 0 spiro atoms. The van der Waals surface area contributed by atoms with Gasteiger partial charge in [-0.05, 0) is 31.0 Å². The van der Waals surface area contributed by atoms with E-state index in [0.717, 1.165) is 10.5 Å². The van der Waals surface area contributed by atoms with Crippen LogP contribution < -0.4 is 5.32 Å². The number of halogens is 3. The molecule has 0 radical (unpaired) electrons. The maximum atomic E-state index is 13.0. The van der Waals surface area contributed by atoms with Gasteiger partial charge in [-0.25, -0.2) is 4.79 Å². The van der Waals surface area contributed by atoms with E-state index in [1.165, 1.54) is 12.1 Å². The minimum absolute atomic E-state index is 0.0767. The molecule has 2 amide bonds. The van der Waals surface area contributed by atoms with Crippen LogP contribution in [0, 0.1) is 11.8 Å². The summed E-state index contributed by atoms with van der Waals surface area (Å²) in [5, 5.41) is 20.9. The normalized spacial score (nSPS) is 21.8. The molecule has 0 aromatic heterocycles. The zero-order valence-corrected chi connectivity index (χ0v) is 13.5. The number of nitrogens with zero attached hydrogens (tertiary/aromatic N) is 1. The SMILES string of the molecule is CC(Cc1cccc(O)c1)NC(=O)N1C[C@@H](C(F)(F)F)[C@H](C(=O)O)C1. The quantitative estimate of drug-likeness (QED) is 0.768. The maximum Gasteiger partial charge on any atom is 0.394 e. The predicted molar refractivity (Wildman–Crippen MR) is 82.0 cm³/mol. The molecule has 1 saturated heterocycles. The topological polar surface area (TPSA) is 89.9 Å². The predicted octanol–water partition coefficient (Wildman–Crippen LogP) is 2.23. The number of benzene rings is 1. The van der Waals surface area contributed by atoms with Crippen LogP contribution in [0.5, 0.6) is 5.75 Å². The van der Waals surface area contributed by atoms with Gasteiger partial charge in [-0.2, -0.15) is 13.2 Å². The van der Waals surface area contributed by atoms with E-state index in [-0.39, 0.29) is 5.75 Å². The van der Waals surface area contributed by atoms with E-state index in [2.05, 4.69) is 5.32 Å². The Bertz CT molecular complexity index is 651. The van der Waals surface area contributed by atoms with E-state index in [1.807, 2.05) is 0 Å². The maximum absolute atomic E-state index is 13.0. The number of urea groups is 1. The molecule has 1 fully saturated rings. The van der Waals surface area contributed by atoms with Gasteiger partial charge in [0.25, 0.3) is 0 Å². The van der Waals surface area contributed by atoms with Gasteiger partial charge in [-0.1, -0.05) is 12.1 Å². The van der Waals surface area contributed by atoms with Crippen molar-refractivity contribution in [2.24, 2.45) is 11.8 Å². The number of nitrogens with one attached hydrogen (secondary N) is 1. The van der Waals surface area contributed by atoms with E-state index in [0.29, 0.717) is 6.42 Å². The molecular weight excluding hydrogens is 341 g/mol. The lowest BCUT2D eigenvalue weighted by molar-refractivity contribution is -0.187. The van der Waals surface area contributed by atoms with Gasteiger partial charge in [0.05, 0.1) is 11.8 Å². The fourth-order valence-electron chi connectivity index (χ4n) is 2.94. The summed E-state index contributed by atoms with van der Waals surface area (Å²) in [6, 6.07) is 5.29. The molecule has 1 unspecified atom stereocenters. The van der Waals surface area contributed by atoms with Crippen LogP contribution >= 0.6 is 0 Å². The second kappa shape index (κ2) is 7.20. The number of carboxylic acid groups (broad SMARTS) is 1. The number of rotatable bonds is 4. The first-order valence-corrected chi connectivity index (χ1v) is 7.70. The van der Waals surface area contributed by atoms with Crippen LogP contribution in [0.1, 0.15) is 12.5 Å². The Balaban J connectivity index is 1.97. The zero-order valence-electron chi connectivity index (χ0n) is 13.5. The number of phenols is 1. The zero-order chi connectivity index (χ0) is 18.8. The number of aromatic hydroxyl groups is 1. The third-order valence-electron chi connectivity index (χ3n) is 4.17. The number of carbonyl (C=O) groups excluding carboxylic acids is 1. The number of hydrogen-bond acceptors (Lipinski definition) is 3. The standard InChI is InChI=1S/C16H19F3N2O4/c1-9(5-10-3-2-4-11(22)6-10)20-15(25)21-7-12(14(23)24)13(8-21)16(17,18)19/h2-4,6,9,12-13,22H,5,7-8H2,1H3,(H,20,25)(H,23,24)/t9?,12-,13-/m1/s1. The van der Waals surface area contributed by atoms with E-state index in [4.69, 9.17) is 5.11 Å². The van der Waals surface area contributed by atoms with Crippen molar-refractivity contribution < 1.29 is 33.0 Å². The Morgan fingerprint density at radius 1 is 1.36 bits per heavy atom. The minimum Gasteiger partial charge on any atom is -0.508 e. The molecule has 3 N–H and O–H groups in total. The Morgan fingerprint density at radius 2 is 2.04 bits per heavy atom. The molecule has 1 aliphatic rings. The molecule has 0 aliphatic carbocycles. The first-order chi connectivity index (χ1) is 11.6. The molecule has 1 aromatic rings. The summed E-state index contributed by atoms with van der Waals surface area (Å²) in [7, 11) is 0. The second-order valence-corrected chi connectivity index (χ2v) is 6.22. The van der Waals surface area contributed by atoms with Crippen molar-refractivity contribution in [3.8, 4) is 5.75 Å². The highest BCUT2D eigenvalue weighted by atomic mass is 19.4. The van der Waals surface area contributed by atoms with Crippen molar-refractivity contribution in [3.05, 3.63) is 29.8 Å². The number of carbonyl (C=O) groups is 2. The van der Waals surface area contributed by atoms with Gasteiger partial charge in [0.2, 0.25) is 0 Å². The van der Waals surface area contributed by atoms with Crippen LogP contribution in [0.4, 0.5) is 18.0 Å². The van der Waals surface area contributed by atoms with Gasteiger partial charge < -0.3 is 20.4 Å². The van der Waals surface area contributed by atoms with Crippen LogP contribution in [-0.4, -0.2) is 52.4 Å². The number of likely N-dealkylation sites (tertiary alicyclic amines) is 1. The largest absolute Gasteiger partial charge is 0.508 e. The lowest BCUT2D eigenvalue weighted by atomic mass is 9.96. The lowest BCUT2D eigenvalue weighted by Gasteiger charge is -2.21. The van der Waals surface area contributed by atoms with Crippen LogP contribution in [0.3, 0.4) is 0 Å². The number of phenolic OH excluding ortho intramolecular Hbond substituents is 1. The van der Waals surface area contributed by atoms with Crippen LogP contribution in [0.25, 0.3) is 0 Å². The molecule has 1 aromatic carbocycles. The molecule has 2 rings (SSSR count). The first kappa shape index (κ1) is 18.9. The molecular formula is C16H19F3N2O4. The van der Waals surface area contributed by atoms with Gasteiger partial charge in [0.1, 0.15) is 5.75 Å². The molecule has 0 bridgehead atoms. The number of hydrogen-bond donors (Lipinski definition) is 3. The van der Waals surface area contributed by atoms with Crippen LogP contribution in [0.2, 0.25) is 0 Å². The van der Waals surface area contributed by atoms with Gasteiger partial charge >= 0.3 is 18.2 Å². The summed E-state index contributed by atoms with van der Waals surface area (Å²) >= 11 is 0. The smallest absolute Gasteiger partial charge is 0.394 e. The summed E-state index contributed by atoms with van der Waals surface area (Å²) in [6.07, 6.45) is -4.30. The Hall–Kier alpha value is -2.45. The van der Waals surface area contributed by atoms with Crippen molar-refractivity contribution in [1.29, 1.82) is 0 Å². The number of aliphatic carboxylic acids is 1. The molecule has 3 atom stereocenters. The van der Waals surface area contributed by atoms with E-state index in [9.17, 15) is 27.9 Å². The fraction of sp³-hybridized carbons (Fsp3) is 0.500. The van der Waals surface area contributed by atoms with E-state index >= 15 is 0 Å². The summed E-state index contributed by atoms with van der Waals surface area (Å²) < 4.78 is 38.9. The Morgan fingerprint density at radius 3 is 2.56 bits per heavy atom. The van der Waals surface area contributed by atoms with Gasteiger partial charge in [0, 0.05) is 19.1 Å². The van der Waals surface area contributed by atoms with Gasteiger partial charge in [-0.3, -0.25) is 4.79 Å². The number of alkyl halides is 3. The van der Waals surface area contributed by atoms with Crippen molar-refractivity contribution in [2.75, 3.05) is 13.1 Å². The average Bonchev–Trinajstić information content (AvgIpc) is 2.92. The number of carboxylic acids is 1. The Labute approximate surface area is 142 Å². The molecule has 25 heavy (non-hydrogen) atoms. The number of amides is 2. The molecule has 1 aliphatic heterocycles. The highest BCUT2D eigenvalue weighted by Gasteiger charge is 2.53. The van der Waals surface area contributed by atoms with Crippen molar-refractivity contribution >= 4 is 12.0 Å². The van der Waals surface area contributed by atoms with Crippen molar-refractivity contribution in [2.45, 2.75) is 25.6 Å². The minimum atomic E-state index is -4.68. The first-order valence-electron chi connectivity index (χ1n) is 7.70. The lowest BCUT2D eigenvalue weighted by Crippen LogP contribution is -2.44. The Kier molecular flexibility index (Phi) is 5.44. The third-order valence-corrected chi connectivity index (χ3v) is 4.17. The monoisotopic (exact) mass is 360 g/mol. The third kappa shape index (κ3) is 4.77. The van der Waals surface area contributed by atoms with E-state index < -0.39 is 49.1 Å². The van der Waals surface area contributed by atoms with Gasteiger partial charge in [0.15, 0.2) is 0 Å². The molecule has 1 heterocycles. The molecule has 138 valence electrons. The summed E-state index contributed by atoms with van der Waals surface area (Å²) in [4.78, 5) is 24.1. The second-order valence-electron chi connectivity index (χ2n) is 6.22. The molecule has 0 saturated carbocycles. The van der Waals surface area contributed by atoms with Crippen LogP contribution in [-0.2, 0) is 11.2 Å². The average molecular weight is 360 g/mol. The summed E-state index contributed by atoms with van der Waals surface area (Å²) in [6.45, 7) is 0.517. The highest BCUT2D eigenvalue weighted by Crippen LogP contribution is 2.37. The van der Waals surface area contributed by atoms with Crippen molar-refractivity contribution in [3.63, 3.8) is 0 Å². The summed E-state index contributed by atoms with van der Waals surface area (Å²) in [5.74, 6) is -5.22.